The van der Waals surface area contributed by atoms with E-state index >= 15 is 0 Å². The van der Waals surface area contributed by atoms with E-state index in [1.807, 2.05) is 0 Å². The van der Waals surface area contributed by atoms with Crippen LogP contribution in [0.3, 0.4) is 0 Å². The van der Waals surface area contributed by atoms with E-state index < -0.39 is 0 Å². The first-order valence-electron chi connectivity index (χ1n) is 6.66. The lowest BCUT2D eigenvalue weighted by Gasteiger charge is -2.23. The van der Waals surface area contributed by atoms with Crippen LogP contribution in [-0.2, 0) is 22.5 Å². The van der Waals surface area contributed by atoms with Crippen LogP contribution in [0.2, 0.25) is 0 Å². The Balaban J connectivity index is 2.31. The maximum atomic E-state index is 11.6. The molecule has 3 rings (SSSR count). The minimum atomic E-state index is -0.215. The number of carbonyl (C=O) groups excluding carboxylic acids is 1. The summed E-state index contributed by atoms with van der Waals surface area (Å²) in [6.07, 6.45) is 0.289. The lowest BCUT2D eigenvalue weighted by molar-refractivity contribution is -0.139. The SMILES string of the molecule is COC(=O)Cc1c(C)c2c3c(cc(C)n3CCN2)c1Br. The number of esters is 1. The maximum Gasteiger partial charge on any atom is 0.310 e. The number of aromatic nitrogens is 1. The van der Waals surface area contributed by atoms with Crippen molar-refractivity contribution in [2.24, 2.45) is 0 Å². The van der Waals surface area contributed by atoms with Gasteiger partial charge in [-0.15, -0.1) is 0 Å². The minimum absolute atomic E-state index is 0.215. The van der Waals surface area contributed by atoms with E-state index in [1.165, 1.54) is 18.3 Å². The van der Waals surface area contributed by atoms with Crippen LogP contribution in [-0.4, -0.2) is 24.2 Å². The van der Waals surface area contributed by atoms with Crippen molar-refractivity contribution in [3.63, 3.8) is 0 Å². The summed E-state index contributed by atoms with van der Waals surface area (Å²) in [5.74, 6) is -0.215. The summed E-state index contributed by atoms with van der Waals surface area (Å²) < 4.78 is 8.15. The number of methoxy groups -OCH3 is 1. The van der Waals surface area contributed by atoms with Gasteiger partial charge >= 0.3 is 5.97 Å². The predicted molar refractivity (Wildman–Crippen MR) is 83.3 cm³/mol. The fourth-order valence-corrected chi connectivity index (χ4v) is 3.73. The molecule has 1 aromatic carbocycles. The fourth-order valence-electron chi connectivity index (χ4n) is 2.99. The van der Waals surface area contributed by atoms with E-state index in [-0.39, 0.29) is 12.4 Å². The summed E-state index contributed by atoms with van der Waals surface area (Å²) in [6, 6.07) is 2.18. The van der Waals surface area contributed by atoms with Gasteiger partial charge in [0.15, 0.2) is 0 Å². The number of anilines is 1. The normalized spacial score (nSPS) is 13.4. The molecule has 0 saturated heterocycles. The van der Waals surface area contributed by atoms with E-state index in [9.17, 15) is 4.79 Å². The molecule has 0 spiro atoms. The van der Waals surface area contributed by atoms with Gasteiger partial charge in [0, 0.05) is 28.6 Å². The Morgan fingerprint density at radius 1 is 1.50 bits per heavy atom. The molecule has 0 aliphatic carbocycles. The Hall–Kier alpha value is -1.49. The molecule has 1 aromatic heterocycles. The van der Waals surface area contributed by atoms with Crippen molar-refractivity contribution in [1.82, 2.24) is 4.57 Å². The topological polar surface area (TPSA) is 43.3 Å². The second kappa shape index (κ2) is 4.81. The van der Waals surface area contributed by atoms with Crippen LogP contribution >= 0.6 is 15.9 Å². The number of rotatable bonds is 2. The number of hydrogen-bond acceptors (Lipinski definition) is 3. The molecule has 1 aliphatic heterocycles. The summed E-state index contributed by atoms with van der Waals surface area (Å²) in [5.41, 5.74) is 5.74. The Morgan fingerprint density at radius 2 is 2.25 bits per heavy atom. The molecular formula is C15H17BrN2O2. The molecule has 0 fully saturated rings. The summed E-state index contributed by atoms with van der Waals surface area (Å²) >= 11 is 3.68. The van der Waals surface area contributed by atoms with Gasteiger partial charge < -0.3 is 14.6 Å². The first kappa shape index (κ1) is 13.5. The quantitative estimate of drug-likeness (QED) is 0.856. The van der Waals surface area contributed by atoms with E-state index in [4.69, 9.17) is 4.74 Å². The Kier molecular flexibility index (Phi) is 3.24. The second-order valence-electron chi connectivity index (χ2n) is 5.17. The highest BCUT2D eigenvalue weighted by molar-refractivity contribution is 9.10. The third kappa shape index (κ3) is 1.84. The highest BCUT2D eigenvalue weighted by Crippen LogP contribution is 2.40. The molecule has 2 heterocycles. The van der Waals surface area contributed by atoms with Crippen LogP contribution < -0.4 is 5.32 Å². The molecule has 0 amide bonds. The number of carbonyl (C=O) groups is 1. The maximum absolute atomic E-state index is 11.6. The first-order chi connectivity index (χ1) is 9.54. The summed E-state index contributed by atoms with van der Waals surface area (Å²) in [6.45, 7) is 6.07. The highest BCUT2D eigenvalue weighted by atomic mass is 79.9. The van der Waals surface area contributed by atoms with Gasteiger partial charge in [-0.1, -0.05) is 0 Å². The van der Waals surface area contributed by atoms with Crippen LogP contribution in [0.5, 0.6) is 0 Å². The molecule has 20 heavy (non-hydrogen) atoms. The van der Waals surface area contributed by atoms with Gasteiger partial charge in [-0.2, -0.15) is 0 Å². The van der Waals surface area contributed by atoms with Gasteiger partial charge in [0.05, 0.1) is 24.7 Å². The fraction of sp³-hybridized carbons (Fsp3) is 0.400. The lowest BCUT2D eigenvalue weighted by Crippen LogP contribution is -2.19. The van der Waals surface area contributed by atoms with Crippen molar-refractivity contribution in [3.05, 3.63) is 27.4 Å². The number of halogens is 1. The van der Waals surface area contributed by atoms with Crippen LogP contribution in [0.25, 0.3) is 10.9 Å². The Labute approximate surface area is 126 Å². The van der Waals surface area contributed by atoms with E-state index in [2.05, 4.69) is 45.7 Å². The molecule has 0 unspecified atom stereocenters. The molecule has 1 N–H and O–H groups in total. The van der Waals surface area contributed by atoms with E-state index in [0.717, 1.165) is 39.8 Å². The van der Waals surface area contributed by atoms with Gasteiger partial charge in [-0.3, -0.25) is 4.79 Å². The molecular weight excluding hydrogens is 320 g/mol. The van der Waals surface area contributed by atoms with Gasteiger partial charge in [0.2, 0.25) is 0 Å². The highest BCUT2D eigenvalue weighted by Gasteiger charge is 2.23. The molecule has 0 bridgehead atoms. The van der Waals surface area contributed by atoms with Crippen molar-refractivity contribution in [2.45, 2.75) is 26.8 Å². The van der Waals surface area contributed by atoms with Crippen LogP contribution in [0, 0.1) is 13.8 Å². The summed E-state index contributed by atoms with van der Waals surface area (Å²) in [7, 11) is 1.42. The van der Waals surface area contributed by atoms with Crippen LogP contribution in [0.4, 0.5) is 5.69 Å². The molecule has 1 aliphatic rings. The molecule has 4 nitrogen and oxygen atoms in total. The van der Waals surface area contributed by atoms with Crippen molar-refractivity contribution in [1.29, 1.82) is 0 Å². The Bertz CT molecular complexity index is 719. The zero-order valence-corrected chi connectivity index (χ0v) is 13.4. The van der Waals surface area contributed by atoms with E-state index in [1.54, 1.807) is 0 Å². The summed E-state index contributed by atoms with van der Waals surface area (Å²) in [4.78, 5) is 11.6. The standard InChI is InChI=1S/C15H17BrN2O2/c1-8-6-11-13(16)10(7-12(19)20-3)9(2)14-15(11)18(8)5-4-17-14/h6,17H,4-5,7H2,1-3H3. The molecule has 5 heteroatoms. The van der Waals surface area contributed by atoms with Crippen molar-refractivity contribution < 1.29 is 9.53 Å². The number of benzene rings is 1. The average Bonchev–Trinajstić information content (AvgIpc) is 2.79. The Morgan fingerprint density at radius 3 is 2.95 bits per heavy atom. The third-order valence-electron chi connectivity index (χ3n) is 4.06. The van der Waals surface area contributed by atoms with Gasteiger partial charge in [-0.05, 0) is 47.0 Å². The number of nitrogens with one attached hydrogen (secondary N) is 1. The van der Waals surface area contributed by atoms with Crippen LogP contribution in [0.15, 0.2) is 10.5 Å². The predicted octanol–water partition coefficient (Wildman–Crippen LogP) is 3.16. The van der Waals surface area contributed by atoms with Crippen molar-refractivity contribution >= 4 is 38.5 Å². The molecule has 0 atom stereocenters. The van der Waals surface area contributed by atoms with Gasteiger partial charge in [0.1, 0.15) is 0 Å². The minimum Gasteiger partial charge on any atom is -0.469 e. The molecule has 0 saturated carbocycles. The summed E-state index contributed by atoms with van der Waals surface area (Å²) in [5, 5.41) is 4.63. The van der Waals surface area contributed by atoms with E-state index in [0.29, 0.717) is 0 Å². The monoisotopic (exact) mass is 336 g/mol. The second-order valence-corrected chi connectivity index (χ2v) is 5.96. The first-order valence-corrected chi connectivity index (χ1v) is 7.45. The zero-order chi connectivity index (χ0) is 14.4. The lowest BCUT2D eigenvalue weighted by atomic mass is 10.00. The number of ether oxygens (including phenoxy) is 1. The van der Waals surface area contributed by atoms with Crippen molar-refractivity contribution in [3.8, 4) is 0 Å². The zero-order valence-electron chi connectivity index (χ0n) is 11.8. The molecule has 0 radical (unpaired) electrons. The average molecular weight is 337 g/mol. The smallest absolute Gasteiger partial charge is 0.310 e. The molecule has 106 valence electrons. The van der Waals surface area contributed by atoms with Gasteiger partial charge in [-0.25, -0.2) is 0 Å². The van der Waals surface area contributed by atoms with Crippen LogP contribution in [0.1, 0.15) is 16.8 Å². The number of nitrogens with zero attached hydrogens (tertiary/aromatic N) is 1. The largest absolute Gasteiger partial charge is 0.469 e. The third-order valence-corrected chi connectivity index (χ3v) is 4.96. The van der Waals surface area contributed by atoms with Gasteiger partial charge in [0.25, 0.3) is 0 Å². The molecule has 2 aromatic rings. The number of hydrogen-bond donors (Lipinski definition) is 1. The number of aryl methyl sites for hydroxylation is 1. The van der Waals surface area contributed by atoms with Crippen molar-refractivity contribution in [2.75, 3.05) is 19.0 Å².